The van der Waals surface area contributed by atoms with E-state index >= 15 is 0 Å². The summed E-state index contributed by atoms with van der Waals surface area (Å²) in [4.78, 5) is 71.8. The largest absolute Gasteiger partial charge is 0.480 e. The van der Waals surface area contributed by atoms with Gasteiger partial charge in [-0.25, -0.2) is 4.79 Å². The van der Waals surface area contributed by atoms with Crippen LogP contribution in [0.3, 0.4) is 0 Å². The molecule has 1 heterocycles. The number of aromatic nitrogens is 4. The van der Waals surface area contributed by atoms with Crippen LogP contribution in [0.5, 0.6) is 0 Å². The van der Waals surface area contributed by atoms with E-state index < -0.39 is 18.6 Å². The lowest BCUT2D eigenvalue weighted by molar-refractivity contribution is -0.142. The lowest BCUT2D eigenvalue weighted by Crippen LogP contribution is -2.41. The zero-order valence-corrected chi connectivity index (χ0v) is 38.0. The molecule has 1 rings (SSSR count). The molecular formula is C44H79N7O12. The normalized spacial score (nSPS) is 12.2. The first-order valence-corrected chi connectivity index (χ1v) is 23.4. The molecule has 362 valence electrons. The average Bonchev–Trinajstić information content (AvgIpc) is 3.80. The average molecular weight is 898 g/mol. The van der Waals surface area contributed by atoms with Crippen molar-refractivity contribution in [3.8, 4) is 0 Å². The summed E-state index contributed by atoms with van der Waals surface area (Å²) in [5.74, 6) is -1.57. The Labute approximate surface area is 374 Å². The number of carbonyl (C=O) groups excluding carboxylic acids is 5. The third-order valence-corrected chi connectivity index (χ3v) is 10.5. The van der Waals surface area contributed by atoms with Gasteiger partial charge in [-0.1, -0.05) is 89.2 Å². The number of nitrogens with zero attached hydrogens (tertiary/aromatic N) is 3. The molecule has 1 aromatic heterocycles. The topological polar surface area (TPSA) is 270 Å². The molecule has 19 nitrogen and oxygen atoms in total. The number of carbonyl (C=O) groups is 6. The summed E-state index contributed by atoms with van der Waals surface area (Å²) in [7, 11) is 0. The first-order valence-electron chi connectivity index (χ1n) is 23.4. The van der Waals surface area contributed by atoms with Crippen molar-refractivity contribution in [2.24, 2.45) is 5.92 Å². The van der Waals surface area contributed by atoms with E-state index in [4.69, 9.17) is 24.1 Å². The van der Waals surface area contributed by atoms with Gasteiger partial charge in [-0.05, 0) is 44.9 Å². The number of unbranched alkanes of at least 4 members (excludes halogenated alkanes) is 13. The van der Waals surface area contributed by atoms with E-state index in [1.54, 1.807) is 0 Å². The fourth-order valence-electron chi connectivity index (χ4n) is 6.73. The molecule has 0 radical (unpaired) electrons. The van der Waals surface area contributed by atoms with Crippen LogP contribution in [0.25, 0.3) is 0 Å². The number of aliphatic hydroxyl groups excluding tert-OH is 1. The number of hydrogen-bond acceptors (Lipinski definition) is 14. The number of aromatic amines is 1. The third kappa shape index (κ3) is 35.2. The number of Topliss-reactive ketones (excluding diaryl/α,β-unsaturated/α-hetero) is 2. The molecule has 0 bridgehead atoms. The molecule has 1 aromatic rings. The maximum atomic E-state index is 12.4. The number of hydrogen-bond donors (Lipinski definition) is 6. The predicted molar refractivity (Wildman–Crippen MR) is 235 cm³/mol. The Kier molecular flexibility index (Phi) is 37.0. The Morgan fingerprint density at radius 1 is 0.603 bits per heavy atom. The molecule has 63 heavy (non-hydrogen) atoms. The quantitative estimate of drug-likeness (QED) is 0.0506. The van der Waals surface area contributed by atoms with E-state index in [0.717, 1.165) is 50.8 Å². The van der Waals surface area contributed by atoms with Crippen LogP contribution < -0.4 is 16.0 Å². The molecule has 0 aliphatic heterocycles. The van der Waals surface area contributed by atoms with Gasteiger partial charge >= 0.3 is 5.97 Å². The Morgan fingerprint density at radius 3 is 1.75 bits per heavy atom. The number of rotatable bonds is 46. The second-order valence-corrected chi connectivity index (χ2v) is 15.8. The van der Waals surface area contributed by atoms with E-state index in [1.165, 1.54) is 51.4 Å². The van der Waals surface area contributed by atoms with E-state index in [-0.39, 0.29) is 114 Å². The number of carboxylic acids is 1. The van der Waals surface area contributed by atoms with Crippen LogP contribution in [0.2, 0.25) is 0 Å². The molecule has 0 aliphatic rings. The highest BCUT2D eigenvalue weighted by molar-refractivity contribution is 5.85. The van der Waals surface area contributed by atoms with Crippen LogP contribution in [-0.2, 0) is 54.1 Å². The van der Waals surface area contributed by atoms with Gasteiger partial charge in [0.25, 0.3) is 0 Å². The number of ether oxygens (including phenoxy) is 4. The summed E-state index contributed by atoms with van der Waals surface area (Å²) in [6.07, 6.45) is 19.7. The Balaban J connectivity index is 1.89. The molecule has 0 spiro atoms. The molecule has 0 aliphatic carbocycles. The Hall–Kier alpha value is -3.91. The van der Waals surface area contributed by atoms with E-state index in [2.05, 4.69) is 36.6 Å². The minimum atomic E-state index is -1.15. The second-order valence-electron chi connectivity index (χ2n) is 15.8. The SMILES string of the molecule is CC[C@@H](CCCCNC(=O)COCCOCCNC(=O)COCCOCCCC(=O)CC[C@H](NC(=O)CCCCCCCCCCCCCCCc1nn[nH]n1)C(=O)O)C(=O)CO. The minimum Gasteiger partial charge on any atom is -0.480 e. The van der Waals surface area contributed by atoms with E-state index in [9.17, 15) is 33.9 Å². The second kappa shape index (κ2) is 40.8. The van der Waals surface area contributed by atoms with Gasteiger partial charge in [0.05, 0.1) is 33.0 Å². The fourth-order valence-corrected chi connectivity index (χ4v) is 6.73. The Morgan fingerprint density at radius 2 is 1.17 bits per heavy atom. The van der Waals surface area contributed by atoms with E-state index in [1.807, 2.05) is 6.92 Å². The summed E-state index contributed by atoms with van der Waals surface area (Å²) in [5.41, 5.74) is 0. The number of aryl methyl sites for hydroxylation is 1. The summed E-state index contributed by atoms with van der Waals surface area (Å²) in [5, 5.41) is 40.5. The molecule has 3 amide bonds. The van der Waals surface area contributed by atoms with Gasteiger partial charge in [-0.2, -0.15) is 5.21 Å². The number of ketones is 2. The summed E-state index contributed by atoms with van der Waals surface area (Å²) in [6, 6.07) is -1.09. The Bertz CT molecular complexity index is 1340. The lowest BCUT2D eigenvalue weighted by Gasteiger charge is -2.14. The number of amides is 3. The van der Waals surface area contributed by atoms with Crippen LogP contribution in [0.4, 0.5) is 0 Å². The van der Waals surface area contributed by atoms with Crippen molar-refractivity contribution in [2.75, 3.05) is 72.6 Å². The first kappa shape index (κ1) is 57.1. The highest BCUT2D eigenvalue weighted by Gasteiger charge is 2.21. The number of carboxylic acid groups (broad SMARTS) is 1. The minimum absolute atomic E-state index is 0.0423. The maximum Gasteiger partial charge on any atom is 0.326 e. The van der Waals surface area contributed by atoms with Crippen molar-refractivity contribution in [3.63, 3.8) is 0 Å². The highest BCUT2D eigenvalue weighted by atomic mass is 16.5. The zero-order valence-electron chi connectivity index (χ0n) is 38.0. The fraction of sp³-hybridized carbons (Fsp3) is 0.841. The smallest absolute Gasteiger partial charge is 0.326 e. The number of tetrazole rings is 1. The van der Waals surface area contributed by atoms with Crippen molar-refractivity contribution >= 4 is 35.3 Å². The molecule has 0 unspecified atom stereocenters. The van der Waals surface area contributed by atoms with Gasteiger partial charge < -0.3 is 45.1 Å². The van der Waals surface area contributed by atoms with Gasteiger partial charge in [0, 0.05) is 51.3 Å². The van der Waals surface area contributed by atoms with Crippen LogP contribution in [0, 0.1) is 5.92 Å². The van der Waals surface area contributed by atoms with Gasteiger partial charge in [-0.3, -0.25) is 24.0 Å². The van der Waals surface area contributed by atoms with Gasteiger partial charge in [0.1, 0.15) is 31.6 Å². The molecule has 6 N–H and O–H groups in total. The number of aliphatic carboxylic acids is 1. The number of H-pyrrole nitrogens is 1. The molecule has 19 heteroatoms. The standard InChI is InChI=1S/C44H79N7O12/c1-2-36(39(54)33-52)19-16-17-25-45-42(56)34-63-32-30-61-28-26-46-43(57)35-62-31-29-60-27-18-20-37(53)23-24-38(44(58)59)47-41(55)22-15-13-11-9-7-5-3-4-6-8-10-12-14-21-40-48-50-51-49-40/h36,38,52H,2-35H2,1H3,(H,45,56)(H,46,57)(H,47,55)(H,58,59)(H,48,49,50,51)/t36-,38-/m0/s1. The highest BCUT2D eigenvalue weighted by Crippen LogP contribution is 2.15. The number of aliphatic hydroxyl groups is 1. The molecule has 2 atom stereocenters. The van der Waals surface area contributed by atoms with Crippen molar-refractivity contribution in [3.05, 3.63) is 5.82 Å². The van der Waals surface area contributed by atoms with Crippen molar-refractivity contribution in [1.82, 2.24) is 36.6 Å². The molecular weight excluding hydrogens is 819 g/mol. The monoisotopic (exact) mass is 898 g/mol. The van der Waals surface area contributed by atoms with Crippen LogP contribution in [-0.4, -0.2) is 145 Å². The summed E-state index contributed by atoms with van der Waals surface area (Å²) < 4.78 is 21.5. The summed E-state index contributed by atoms with van der Waals surface area (Å²) in [6.45, 7) is 3.53. The van der Waals surface area contributed by atoms with Crippen LogP contribution in [0.1, 0.15) is 154 Å². The van der Waals surface area contributed by atoms with E-state index in [0.29, 0.717) is 38.8 Å². The van der Waals surface area contributed by atoms with Gasteiger partial charge in [0.2, 0.25) is 17.7 Å². The summed E-state index contributed by atoms with van der Waals surface area (Å²) >= 11 is 0. The molecule has 0 fully saturated rings. The van der Waals surface area contributed by atoms with Crippen LogP contribution in [0.15, 0.2) is 0 Å². The molecule has 0 saturated heterocycles. The van der Waals surface area contributed by atoms with Crippen molar-refractivity contribution in [2.45, 2.75) is 161 Å². The van der Waals surface area contributed by atoms with Crippen molar-refractivity contribution in [1.29, 1.82) is 0 Å². The third-order valence-electron chi connectivity index (χ3n) is 10.5. The van der Waals surface area contributed by atoms with Crippen molar-refractivity contribution < 1.29 is 57.9 Å². The zero-order chi connectivity index (χ0) is 46.0. The lowest BCUT2D eigenvalue weighted by atomic mass is 9.95. The van der Waals surface area contributed by atoms with Crippen LogP contribution >= 0.6 is 0 Å². The van der Waals surface area contributed by atoms with Gasteiger partial charge in [0.15, 0.2) is 11.6 Å². The predicted octanol–water partition coefficient (Wildman–Crippen LogP) is 3.96. The molecule has 0 saturated carbocycles. The maximum absolute atomic E-state index is 12.4. The number of nitrogens with one attached hydrogen (secondary N) is 4. The first-order chi connectivity index (χ1) is 30.7. The van der Waals surface area contributed by atoms with Gasteiger partial charge in [-0.15, -0.1) is 10.2 Å². The molecule has 0 aromatic carbocycles.